The van der Waals surface area contributed by atoms with Crippen LogP contribution >= 0.6 is 0 Å². The molecular formula is C25H25N7O2. The van der Waals surface area contributed by atoms with E-state index in [2.05, 4.69) is 42.7 Å². The highest BCUT2D eigenvalue weighted by Gasteiger charge is 2.11. The Balaban J connectivity index is 1.34. The van der Waals surface area contributed by atoms with Crippen LogP contribution in [0, 0.1) is 6.92 Å². The van der Waals surface area contributed by atoms with Gasteiger partial charge in [0, 0.05) is 46.5 Å². The number of aromatic amines is 2. The lowest BCUT2D eigenvalue weighted by molar-refractivity contribution is 0.0995. The van der Waals surface area contributed by atoms with Crippen molar-refractivity contribution < 1.29 is 9.53 Å². The Bertz CT molecular complexity index is 1500. The van der Waals surface area contributed by atoms with Gasteiger partial charge >= 0.3 is 0 Å². The summed E-state index contributed by atoms with van der Waals surface area (Å²) in [5.74, 6) is 0.997. The first-order valence-corrected chi connectivity index (χ1v) is 10.9. The maximum absolute atomic E-state index is 11.9. The number of benzene rings is 2. The largest absolute Gasteiger partial charge is 0.495 e. The molecule has 0 bridgehead atoms. The number of nitrogens with one attached hydrogen (secondary N) is 4. The van der Waals surface area contributed by atoms with Crippen LogP contribution in [0.1, 0.15) is 21.7 Å². The third kappa shape index (κ3) is 4.23. The second-order valence-corrected chi connectivity index (χ2v) is 8.08. The molecule has 0 saturated carbocycles. The topological polar surface area (TPSA) is 134 Å². The molecule has 172 valence electrons. The van der Waals surface area contributed by atoms with Gasteiger partial charge < -0.3 is 31.1 Å². The molecule has 0 atom stereocenters. The molecule has 0 fully saturated rings. The number of carbonyl (C=O) groups is 1. The molecule has 9 nitrogen and oxygen atoms in total. The second-order valence-electron chi connectivity index (χ2n) is 8.08. The number of para-hydroxylation sites is 1. The quantitative estimate of drug-likeness (QED) is 0.237. The maximum Gasteiger partial charge on any atom is 0.267 e. The predicted octanol–water partition coefficient (Wildman–Crippen LogP) is 4.25. The number of hydrogen-bond donors (Lipinski definition) is 5. The van der Waals surface area contributed by atoms with E-state index in [-0.39, 0.29) is 5.69 Å². The third-order valence-corrected chi connectivity index (χ3v) is 5.67. The van der Waals surface area contributed by atoms with Crippen molar-refractivity contribution in [3.63, 3.8) is 0 Å². The van der Waals surface area contributed by atoms with E-state index in [0.29, 0.717) is 18.3 Å². The number of amides is 1. The van der Waals surface area contributed by atoms with E-state index < -0.39 is 5.91 Å². The van der Waals surface area contributed by atoms with Gasteiger partial charge in [-0.3, -0.25) is 4.79 Å². The number of aryl methyl sites for hydroxylation is 1. The van der Waals surface area contributed by atoms with Crippen LogP contribution in [0.3, 0.4) is 0 Å². The normalized spacial score (nSPS) is 11.1. The lowest BCUT2D eigenvalue weighted by atomic mass is 10.1. The fraction of sp³-hybridized carbons (Fsp3) is 0.160. The van der Waals surface area contributed by atoms with Crippen molar-refractivity contribution in [3.05, 3.63) is 71.7 Å². The van der Waals surface area contributed by atoms with E-state index >= 15 is 0 Å². The number of nitrogens with zero attached hydrogens (tertiary/aromatic N) is 2. The molecule has 0 unspecified atom stereocenters. The fourth-order valence-electron chi connectivity index (χ4n) is 4.09. The van der Waals surface area contributed by atoms with Gasteiger partial charge in [-0.05, 0) is 49.2 Å². The van der Waals surface area contributed by atoms with Crippen molar-refractivity contribution in [2.24, 2.45) is 5.73 Å². The van der Waals surface area contributed by atoms with Gasteiger partial charge in [0.05, 0.1) is 12.6 Å². The summed E-state index contributed by atoms with van der Waals surface area (Å²) >= 11 is 0. The van der Waals surface area contributed by atoms with E-state index in [9.17, 15) is 4.79 Å². The minimum atomic E-state index is -0.617. The summed E-state index contributed by atoms with van der Waals surface area (Å²) in [5, 5.41) is 8.65. The van der Waals surface area contributed by atoms with Crippen molar-refractivity contribution in [2.45, 2.75) is 13.3 Å². The number of primary amides is 1. The molecule has 34 heavy (non-hydrogen) atoms. The molecule has 0 aliphatic heterocycles. The predicted molar refractivity (Wildman–Crippen MR) is 134 cm³/mol. The number of anilines is 3. The van der Waals surface area contributed by atoms with Gasteiger partial charge in [-0.1, -0.05) is 12.1 Å². The Morgan fingerprint density at radius 1 is 1.15 bits per heavy atom. The molecular weight excluding hydrogens is 430 g/mol. The second kappa shape index (κ2) is 8.78. The Hall–Kier alpha value is -4.53. The van der Waals surface area contributed by atoms with E-state index in [0.717, 1.165) is 50.9 Å². The number of rotatable bonds is 8. The van der Waals surface area contributed by atoms with E-state index in [1.54, 1.807) is 13.2 Å². The molecule has 6 N–H and O–H groups in total. The van der Waals surface area contributed by atoms with Gasteiger partial charge in [0.15, 0.2) is 0 Å². The standard InChI is InChI=1S/C25H25N7O2/c1-14-10-16-11-17(6-7-19(16)29-14)30-22-12-20(24(26)33)31-25(32-22)27-9-8-15-13-28-23-18(15)4-3-5-21(23)34-2/h3-7,10-13,28-29H,8-9H2,1-2H3,(H2,26,33)(H2,27,30,31,32). The van der Waals surface area contributed by atoms with Gasteiger partial charge in [0.25, 0.3) is 5.91 Å². The van der Waals surface area contributed by atoms with Crippen molar-refractivity contribution in [3.8, 4) is 5.75 Å². The molecule has 9 heteroatoms. The average molecular weight is 456 g/mol. The van der Waals surface area contributed by atoms with E-state index in [4.69, 9.17) is 10.5 Å². The highest BCUT2D eigenvalue weighted by Crippen LogP contribution is 2.27. The number of H-pyrrole nitrogens is 2. The number of nitrogens with two attached hydrogens (primary N) is 1. The lowest BCUT2D eigenvalue weighted by Gasteiger charge is -2.10. The number of methoxy groups -OCH3 is 1. The van der Waals surface area contributed by atoms with Crippen molar-refractivity contribution in [1.29, 1.82) is 0 Å². The van der Waals surface area contributed by atoms with Gasteiger partial charge in [-0.25, -0.2) is 4.98 Å². The summed E-state index contributed by atoms with van der Waals surface area (Å²) in [6.07, 6.45) is 2.70. The first-order chi connectivity index (χ1) is 16.5. The average Bonchev–Trinajstić information content (AvgIpc) is 3.41. The first-order valence-electron chi connectivity index (χ1n) is 10.9. The summed E-state index contributed by atoms with van der Waals surface area (Å²) in [5.41, 5.74) is 10.7. The van der Waals surface area contributed by atoms with E-state index in [1.807, 2.05) is 43.5 Å². The number of carbonyl (C=O) groups excluding carboxylic acids is 1. The SMILES string of the molecule is COc1cccc2c(CCNc3nc(Nc4ccc5[nH]c(C)cc5c4)cc(C(N)=O)n3)c[nH]c12. The molecule has 0 aliphatic carbocycles. The summed E-state index contributed by atoms with van der Waals surface area (Å²) in [7, 11) is 1.66. The molecule has 0 aliphatic rings. The van der Waals surface area contributed by atoms with Crippen LogP contribution < -0.4 is 21.1 Å². The van der Waals surface area contributed by atoms with Crippen LogP contribution in [-0.4, -0.2) is 39.5 Å². The van der Waals surface area contributed by atoms with Crippen LogP contribution in [0.2, 0.25) is 0 Å². The molecule has 0 radical (unpaired) electrons. The molecule has 3 aromatic heterocycles. The summed E-state index contributed by atoms with van der Waals surface area (Å²) in [6, 6.07) is 15.5. The minimum Gasteiger partial charge on any atom is -0.495 e. The molecule has 5 aromatic rings. The third-order valence-electron chi connectivity index (χ3n) is 5.67. The molecule has 3 heterocycles. The van der Waals surface area contributed by atoms with Crippen molar-refractivity contribution in [2.75, 3.05) is 24.3 Å². The molecule has 2 aromatic carbocycles. The van der Waals surface area contributed by atoms with Gasteiger partial charge in [0.2, 0.25) is 5.95 Å². The highest BCUT2D eigenvalue weighted by molar-refractivity contribution is 5.92. The van der Waals surface area contributed by atoms with Crippen molar-refractivity contribution >= 4 is 45.2 Å². The van der Waals surface area contributed by atoms with Gasteiger partial charge in [0.1, 0.15) is 17.3 Å². The van der Waals surface area contributed by atoms with Crippen LogP contribution in [0.25, 0.3) is 21.8 Å². The zero-order valence-electron chi connectivity index (χ0n) is 18.9. The summed E-state index contributed by atoms with van der Waals surface area (Å²) < 4.78 is 5.42. The number of fused-ring (bicyclic) bond motifs is 2. The van der Waals surface area contributed by atoms with E-state index in [1.165, 1.54) is 0 Å². The van der Waals surface area contributed by atoms with Gasteiger partial charge in [-0.15, -0.1) is 0 Å². The van der Waals surface area contributed by atoms with Crippen LogP contribution in [0.4, 0.5) is 17.5 Å². The number of ether oxygens (including phenoxy) is 1. The number of aromatic nitrogens is 4. The monoisotopic (exact) mass is 455 g/mol. The summed E-state index contributed by atoms with van der Waals surface area (Å²) in [4.78, 5) is 27.2. The Morgan fingerprint density at radius 3 is 2.85 bits per heavy atom. The highest BCUT2D eigenvalue weighted by atomic mass is 16.5. The lowest BCUT2D eigenvalue weighted by Crippen LogP contribution is -2.17. The zero-order chi connectivity index (χ0) is 23.7. The van der Waals surface area contributed by atoms with Crippen LogP contribution in [-0.2, 0) is 6.42 Å². The number of hydrogen-bond acceptors (Lipinski definition) is 6. The Kier molecular flexibility index (Phi) is 5.51. The van der Waals surface area contributed by atoms with Gasteiger partial charge in [-0.2, -0.15) is 4.98 Å². The first kappa shape index (κ1) is 21.3. The molecule has 1 amide bonds. The summed E-state index contributed by atoms with van der Waals surface area (Å²) in [6.45, 7) is 2.59. The Labute approximate surface area is 195 Å². The van der Waals surface area contributed by atoms with Crippen LogP contribution in [0.5, 0.6) is 5.75 Å². The maximum atomic E-state index is 11.9. The van der Waals surface area contributed by atoms with Crippen molar-refractivity contribution in [1.82, 2.24) is 19.9 Å². The molecule has 5 rings (SSSR count). The minimum absolute atomic E-state index is 0.135. The van der Waals surface area contributed by atoms with Crippen LogP contribution in [0.15, 0.2) is 54.7 Å². The smallest absolute Gasteiger partial charge is 0.267 e. The molecule has 0 spiro atoms. The molecule has 0 saturated heterocycles. The fourth-order valence-corrected chi connectivity index (χ4v) is 4.09. The Morgan fingerprint density at radius 2 is 2.03 bits per heavy atom. The zero-order valence-corrected chi connectivity index (χ0v) is 18.9.